The van der Waals surface area contributed by atoms with Gasteiger partial charge in [0.15, 0.2) is 0 Å². The molecule has 9 aromatic rings. The fraction of sp³-hybridized carbons (Fsp3) is 0.0690. The summed E-state index contributed by atoms with van der Waals surface area (Å²) in [4.78, 5) is 5.11. The second-order valence-corrected chi connectivity index (χ2v) is 17.4. The van der Waals surface area contributed by atoms with E-state index >= 15 is 0 Å². The molecule has 0 aliphatic carbocycles. The number of anilines is 6. The summed E-state index contributed by atoms with van der Waals surface area (Å²) in [6.07, 6.45) is 0. The Bertz CT molecular complexity index is 2750. The van der Waals surface area contributed by atoms with Gasteiger partial charge in [-0.15, -0.1) is 0 Å². The van der Waals surface area contributed by atoms with Gasteiger partial charge >= 0.3 is 0 Å². The van der Waals surface area contributed by atoms with Crippen LogP contribution in [0, 0.1) is 0 Å². The van der Waals surface area contributed by atoms with Crippen LogP contribution in [0.1, 0.15) is 26.3 Å². The first-order valence-electron chi connectivity index (χ1n) is 21.4. The summed E-state index contributed by atoms with van der Waals surface area (Å²) in [6.45, 7) is 7.06. The van der Waals surface area contributed by atoms with Gasteiger partial charge < -0.3 is 9.80 Å². The number of para-hydroxylation sites is 2. The highest BCUT2D eigenvalue weighted by Crippen LogP contribution is 2.48. The van der Waals surface area contributed by atoms with Gasteiger partial charge in [-0.1, -0.05) is 178 Å². The lowest BCUT2D eigenvalue weighted by Crippen LogP contribution is -2.61. The maximum atomic E-state index is 2.56. The molecule has 0 unspecified atom stereocenters. The van der Waals surface area contributed by atoms with E-state index in [9.17, 15) is 0 Å². The zero-order valence-corrected chi connectivity index (χ0v) is 34.8. The Morgan fingerprint density at radius 3 is 0.951 bits per heavy atom. The second-order valence-electron chi connectivity index (χ2n) is 17.4. The molecule has 0 saturated heterocycles. The minimum atomic E-state index is -0.130. The second kappa shape index (κ2) is 14.7. The zero-order chi connectivity index (χ0) is 41.1. The van der Waals surface area contributed by atoms with Crippen molar-refractivity contribution in [3.8, 4) is 44.5 Å². The Balaban J connectivity index is 1.22. The highest BCUT2D eigenvalue weighted by Gasteiger charge is 2.44. The van der Waals surface area contributed by atoms with E-state index in [1.807, 2.05) is 0 Å². The SMILES string of the molecule is CC(C)(C)c1cc2c3c(c1)N(c1cc(-c4ccccc4)cc(-c4ccccc4)c1)c1ccccc1B3c1ccccc1N2c1cc(-c2ccccc2)cc(-c2ccccc2)c1. The molecule has 0 bridgehead atoms. The van der Waals surface area contributed by atoms with Crippen LogP contribution in [0.5, 0.6) is 0 Å². The Kier molecular flexibility index (Phi) is 8.86. The van der Waals surface area contributed by atoms with E-state index in [1.165, 1.54) is 89.2 Å². The van der Waals surface area contributed by atoms with Gasteiger partial charge in [-0.05, 0) is 133 Å². The highest BCUT2D eigenvalue weighted by atomic mass is 15.2. The predicted molar refractivity (Wildman–Crippen MR) is 261 cm³/mol. The smallest absolute Gasteiger partial charge is 0.252 e. The average Bonchev–Trinajstić information content (AvgIpc) is 3.32. The van der Waals surface area contributed by atoms with Crippen LogP contribution in [-0.2, 0) is 5.41 Å². The van der Waals surface area contributed by atoms with Crippen molar-refractivity contribution in [3.63, 3.8) is 0 Å². The van der Waals surface area contributed by atoms with Crippen LogP contribution in [0.15, 0.2) is 218 Å². The van der Waals surface area contributed by atoms with Crippen LogP contribution >= 0.6 is 0 Å². The predicted octanol–water partition coefficient (Wildman–Crippen LogP) is 13.7. The first-order valence-corrected chi connectivity index (χ1v) is 21.4. The van der Waals surface area contributed by atoms with Crippen LogP contribution in [0.4, 0.5) is 34.1 Å². The monoisotopic (exact) mass is 780 g/mol. The number of rotatable bonds is 6. The van der Waals surface area contributed by atoms with Crippen molar-refractivity contribution in [1.82, 2.24) is 0 Å². The van der Waals surface area contributed by atoms with Crippen LogP contribution in [0.2, 0.25) is 0 Å². The molecule has 0 spiro atoms. The summed E-state index contributed by atoms with van der Waals surface area (Å²) >= 11 is 0. The maximum absolute atomic E-state index is 2.56. The van der Waals surface area contributed by atoms with Crippen molar-refractivity contribution in [3.05, 3.63) is 224 Å². The van der Waals surface area contributed by atoms with E-state index < -0.39 is 0 Å². The highest BCUT2D eigenvalue weighted by molar-refractivity contribution is 7.00. The molecule has 0 atom stereocenters. The molecule has 0 fully saturated rings. The molecule has 9 aromatic carbocycles. The molecule has 2 heterocycles. The normalized spacial score (nSPS) is 12.7. The summed E-state index contributed by atoms with van der Waals surface area (Å²) in [5, 5.41) is 0. The van der Waals surface area contributed by atoms with Gasteiger partial charge in [-0.2, -0.15) is 0 Å². The van der Waals surface area contributed by atoms with E-state index in [2.05, 4.69) is 249 Å². The molecule has 2 nitrogen and oxygen atoms in total. The Morgan fingerprint density at radius 1 is 0.311 bits per heavy atom. The van der Waals surface area contributed by atoms with Gasteiger partial charge in [0, 0.05) is 34.1 Å². The Morgan fingerprint density at radius 2 is 0.623 bits per heavy atom. The van der Waals surface area contributed by atoms with Gasteiger partial charge in [-0.3, -0.25) is 0 Å². The van der Waals surface area contributed by atoms with Crippen molar-refractivity contribution in [2.24, 2.45) is 0 Å². The van der Waals surface area contributed by atoms with Gasteiger partial charge in [0.2, 0.25) is 0 Å². The molecular weight excluding hydrogens is 735 g/mol. The van der Waals surface area contributed by atoms with Crippen molar-refractivity contribution in [1.29, 1.82) is 0 Å². The van der Waals surface area contributed by atoms with E-state index in [0.717, 1.165) is 11.4 Å². The number of benzene rings is 9. The van der Waals surface area contributed by atoms with Crippen LogP contribution in [0.3, 0.4) is 0 Å². The lowest BCUT2D eigenvalue weighted by molar-refractivity contribution is 0.590. The molecule has 0 saturated carbocycles. The molecule has 3 heteroatoms. The molecule has 0 amide bonds. The van der Waals surface area contributed by atoms with E-state index in [-0.39, 0.29) is 12.1 Å². The van der Waals surface area contributed by atoms with Crippen LogP contribution < -0.4 is 26.2 Å². The molecule has 2 aliphatic heterocycles. The lowest BCUT2D eigenvalue weighted by Gasteiger charge is -2.45. The van der Waals surface area contributed by atoms with E-state index in [4.69, 9.17) is 0 Å². The number of nitrogens with zero attached hydrogens (tertiary/aromatic N) is 2. The molecule has 0 radical (unpaired) electrons. The van der Waals surface area contributed by atoms with E-state index in [1.54, 1.807) is 0 Å². The summed E-state index contributed by atoms with van der Waals surface area (Å²) in [6, 6.07) is 80.6. The summed E-state index contributed by atoms with van der Waals surface area (Å²) in [7, 11) is 0. The minimum Gasteiger partial charge on any atom is -0.311 e. The topological polar surface area (TPSA) is 6.48 Å². The van der Waals surface area contributed by atoms with Gasteiger partial charge in [0.1, 0.15) is 0 Å². The third-order valence-electron chi connectivity index (χ3n) is 12.5. The largest absolute Gasteiger partial charge is 0.311 e. The fourth-order valence-electron chi connectivity index (χ4n) is 9.56. The zero-order valence-electron chi connectivity index (χ0n) is 34.8. The molecular formula is C58H45BN2. The Labute approximate surface area is 360 Å². The maximum Gasteiger partial charge on any atom is 0.252 e. The molecule has 2 aliphatic rings. The molecule has 0 N–H and O–H groups in total. The first-order chi connectivity index (χ1) is 29.9. The fourth-order valence-corrected chi connectivity index (χ4v) is 9.56. The Hall–Kier alpha value is -7.36. The molecule has 0 aromatic heterocycles. The van der Waals surface area contributed by atoms with Crippen LogP contribution in [-0.4, -0.2) is 6.71 Å². The number of fused-ring (bicyclic) bond motifs is 4. The van der Waals surface area contributed by atoms with Crippen molar-refractivity contribution < 1.29 is 0 Å². The van der Waals surface area contributed by atoms with Gasteiger partial charge in [0.25, 0.3) is 6.71 Å². The third-order valence-corrected chi connectivity index (χ3v) is 12.5. The van der Waals surface area contributed by atoms with Crippen molar-refractivity contribution >= 4 is 57.2 Å². The summed E-state index contributed by atoms with van der Waals surface area (Å²) < 4.78 is 0. The van der Waals surface area contributed by atoms with Crippen molar-refractivity contribution in [2.45, 2.75) is 26.2 Å². The van der Waals surface area contributed by atoms with Crippen molar-refractivity contribution in [2.75, 3.05) is 9.80 Å². The minimum absolute atomic E-state index is 0.0377. The van der Waals surface area contributed by atoms with Gasteiger partial charge in [-0.25, -0.2) is 0 Å². The van der Waals surface area contributed by atoms with E-state index in [0.29, 0.717) is 0 Å². The number of hydrogen-bond donors (Lipinski definition) is 0. The molecule has 61 heavy (non-hydrogen) atoms. The third kappa shape index (κ3) is 6.45. The summed E-state index contributed by atoms with van der Waals surface area (Å²) in [5.74, 6) is 0. The summed E-state index contributed by atoms with van der Waals surface area (Å²) in [5.41, 5.74) is 21.8. The van der Waals surface area contributed by atoms with Gasteiger partial charge in [0.05, 0.1) is 0 Å². The molecule has 290 valence electrons. The first kappa shape index (κ1) is 36.7. The van der Waals surface area contributed by atoms with Crippen LogP contribution in [0.25, 0.3) is 44.5 Å². The number of hydrogen-bond acceptors (Lipinski definition) is 2. The quantitative estimate of drug-likeness (QED) is 0.155. The average molecular weight is 781 g/mol. The lowest BCUT2D eigenvalue weighted by atomic mass is 9.33. The standard InChI is InChI=1S/C58H45BN2/c1-58(2,3)48-38-55-57-56(39-48)61(50-36-46(42-24-12-6-13-25-42)33-47(37-50)43-26-14-7-15-27-43)54-31-19-17-29-52(54)59(57)51-28-16-18-30-53(51)60(55)49-34-44(40-20-8-4-9-21-40)32-45(35-49)41-22-10-5-11-23-41/h4-39H,1-3H3. The molecule has 11 rings (SSSR count).